The Balaban J connectivity index is 2.09. The number of halogens is 2. The summed E-state index contributed by atoms with van der Waals surface area (Å²) in [5.41, 5.74) is 3.92. The molecule has 0 saturated heterocycles. The van der Waals surface area contributed by atoms with Gasteiger partial charge in [0.1, 0.15) is 6.61 Å². The van der Waals surface area contributed by atoms with Gasteiger partial charge in [0.25, 0.3) is 0 Å². The van der Waals surface area contributed by atoms with Crippen LogP contribution in [-0.4, -0.2) is 19.2 Å². The maximum Gasteiger partial charge on any atom is 0.236 e. The van der Waals surface area contributed by atoms with Crippen LogP contribution in [0.2, 0.25) is 10.0 Å². The van der Waals surface area contributed by atoms with E-state index in [0.717, 1.165) is 11.1 Å². The lowest BCUT2D eigenvalue weighted by Gasteiger charge is -2.12. The van der Waals surface area contributed by atoms with Crippen molar-refractivity contribution >= 4 is 35.3 Å². The molecule has 2 rings (SSSR count). The number of hydrogen-bond donors (Lipinski definition) is 1. The van der Waals surface area contributed by atoms with Crippen molar-refractivity contribution in [3.05, 3.63) is 57.6 Å². The highest BCUT2D eigenvalue weighted by atomic mass is 35.5. The Morgan fingerprint density at radius 3 is 2.67 bits per heavy atom. The monoisotopic (exact) mass is 366 g/mol. The van der Waals surface area contributed by atoms with Crippen molar-refractivity contribution in [1.82, 2.24) is 5.43 Å². The summed E-state index contributed by atoms with van der Waals surface area (Å²) >= 11 is 12.0. The van der Waals surface area contributed by atoms with Crippen LogP contribution in [0.3, 0.4) is 0 Å². The van der Waals surface area contributed by atoms with Crippen molar-refractivity contribution in [1.29, 1.82) is 0 Å². The molecule has 7 heteroatoms. The van der Waals surface area contributed by atoms with Gasteiger partial charge in [-0.15, -0.1) is 0 Å². The van der Waals surface area contributed by atoms with Crippen molar-refractivity contribution in [2.75, 3.05) is 7.11 Å². The highest BCUT2D eigenvalue weighted by Crippen LogP contribution is 2.29. The SMILES string of the molecule is COc1cc(/C=N\NC(C)=O)ccc1OCc1ccc(Cl)cc1Cl. The lowest BCUT2D eigenvalue weighted by molar-refractivity contribution is -0.118. The molecule has 0 heterocycles. The van der Waals surface area contributed by atoms with Crippen LogP contribution < -0.4 is 14.9 Å². The van der Waals surface area contributed by atoms with Crippen molar-refractivity contribution in [3.63, 3.8) is 0 Å². The number of benzene rings is 2. The zero-order valence-corrected chi connectivity index (χ0v) is 14.7. The van der Waals surface area contributed by atoms with Gasteiger partial charge in [0, 0.05) is 22.5 Å². The van der Waals surface area contributed by atoms with E-state index in [1.54, 1.807) is 37.4 Å². The maximum absolute atomic E-state index is 10.8. The Morgan fingerprint density at radius 2 is 2.00 bits per heavy atom. The van der Waals surface area contributed by atoms with E-state index >= 15 is 0 Å². The fourth-order valence-corrected chi connectivity index (χ4v) is 2.34. The van der Waals surface area contributed by atoms with E-state index in [1.807, 2.05) is 6.07 Å². The predicted octanol–water partition coefficient (Wildman–Crippen LogP) is 4.05. The number of hydrogen-bond acceptors (Lipinski definition) is 4. The molecule has 0 saturated carbocycles. The lowest BCUT2D eigenvalue weighted by atomic mass is 10.2. The molecule has 5 nitrogen and oxygen atoms in total. The molecule has 0 unspecified atom stereocenters. The van der Waals surface area contributed by atoms with Gasteiger partial charge in [0.15, 0.2) is 11.5 Å². The van der Waals surface area contributed by atoms with Crippen LogP contribution >= 0.6 is 23.2 Å². The zero-order chi connectivity index (χ0) is 17.5. The molecule has 2 aromatic rings. The molecule has 1 N–H and O–H groups in total. The second-order valence-corrected chi connectivity index (χ2v) is 5.70. The minimum Gasteiger partial charge on any atom is -0.493 e. The summed E-state index contributed by atoms with van der Waals surface area (Å²) in [4.78, 5) is 10.8. The molecule has 0 aliphatic rings. The topological polar surface area (TPSA) is 59.9 Å². The largest absolute Gasteiger partial charge is 0.493 e. The standard InChI is InChI=1S/C17H16Cl2N2O3/c1-11(22)21-20-9-12-3-6-16(17(7-12)23-2)24-10-13-4-5-14(18)8-15(13)19/h3-9H,10H2,1-2H3,(H,21,22)/b20-9-. The summed E-state index contributed by atoms with van der Waals surface area (Å²) in [5, 5.41) is 4.92. The van der Waals surface area contributed by atoms with Gasteiger partial charge in [0.2, 0.25) is 5.91 Å². The third-order valence-corrected chi connectivity index (χ3v) is 3.61. The van der Waals surface area contributed by atoms with Crippen LogP contribution in [0.15, 0.2) is 41.5 Å². The Bertz CT molecular complexity index is 763. The van der Waals surface area contributed by atoms with E-state index < -0.39 is 0 Å². The van der Waals surface area contributed by atoms with Crippen molar-refractivity contribution in [3.8, 4) is 11.5 Å². The number of carbonyl (C=O) groups excluding carboxylic acids is 1. The van der Waals surface area contributed by atoms with Gasteiger partial charge in [-0.05, 0) is 35.9 Å². The minimum absolute atomic E-state index is 0.238. The fourth-order valence-electron chi connectivity index (χ4n) is 1.88. The Kier molecular flexibility index (Phi) is 6.46. The van der Waals surface area contributed by atoms with Gasteiger partial charge >= 0.3 is 0 Å². The Labute approximate surface area is 150 Å². The summed E-state index contributed by atoms with van der Waals surface area (Å²) < 4.78 is 11.1. The van der Waals surface area contributed by atoms with Crippen LogP contribution in [-0.2, 0) is 11.4 Å². The van der Waals surface area contributed by atoms with E-state index in [4.69, 9.17) is 32.7 Å². The molecule has 0 fully saturated rings. The molecule has 0 bridgehead atoms. The Hall–Kier alpha value is -2.24. The molecule has 2 aromatic carbocycles. The van der Waals surface area contributed by atoms with E-state index in [2.05, 4.69) is 10.5 Å². The van der Waals surface area contributed by atoms with Gasteiger partial charge in [-0.2, -0.15) is 5.10 Å². The molecule has 1 amide bonds. The molecular formula is C17H16Cl2N2O3. The second-order valence-electron chi connectivity index (χ2n) is 4.86. The number of nitrogens with one attached hydrogen (secondary N) is 1. The predicted molar refractivity (Wildman–Crippen MR) is 95.2 cm³/mol. The van der Waals surface area contributed by atoms with Crippen LogP contribution in [0, 0.1) is 0 Å². The molecular weight excluding hydrogens is 351 g/mol. The summed E-state index contributed by atoms with van der Waals surface area (Å²) in [5.74, 6) is 0.880. The molecule has 0 aromatic heterocycles. The Morgan fingerprint density at radius 1 is 1.21 bits per heavy atom. The number of ether oxygens (including phenoxy) is 2. The van der Waals surface area contributed by atoms with Crippen molar-refractivity contribution in [2.24, 2.45) is 5.10 Å². The number of amides is 1. The smallest absolute Gasteiger partial charge is 0.236 e. The number of hydrazone groups is 1. The summed E-state index contributed by atoms with van der Waals surface area (Å²) in [6, 6.07) is 10.5. The molecule has 24 heavy (non-hydrogen) atoms. The third-order valence-electron chi connectivity index (χ3n) is 3.02. The highest BCUT2D eigenvalue weighted by molar-refractivity contribution is 6.35. The van der Waals surface area contributed by atoms with Crippen LogP contribution in [0.4, 0.5) is 0 Å². The number of rotatable bonds is 6. The highest BCUT2D eigenvalue weighted by Gasteiger charge is 2.07. The zero-order valence-electron chi connectivity index (χ0n) is 13.2. The molecule has 0 radical (unpaired) electrons. The van der Waals surface area contributed by atoms with E-state index in [-0.39, 0.29) is 12.5 Å². The average molecular weight is 367 g/mol. The first kappa shape index (κ1) is 18.1. The minimum atomic E-state index is -0.238. The van der Waals surface area contributed by atoms with Crippen molar-refractivity contribution < 1.29 is 14.3 Å². The van der Waals surface area contributed by atoms with Crippen LogP contribution in [0.1, 0.15) is 18.1 Å². The van der Waals surface area contributed by atoms with Gasteiger partial charge in [0.05, 0.1) is 13.3 Å². The van der Waals surface area contributed by atoms with E-state index in [9.17, 15) is 4.79 Å². The van der Waals surface area contributed by atoms with Crippen molar-refractivity contribution in [2.45, 2.75) is 13.5 Å². The lowest BCUT2D eigenvalue weighted by Crippen LogP contribution is -2.12. The molecule has 126 valence electrons. The molecule has 0 aliphatic carbocycles. The van der Waals surface area contributed by atoms with Gasteiger partial charge < -0.3 is 9.47 Å². The first-order valence-corrected chi connectivity index (χ1v) is 7.79. The van der Waals surface area contributed by atoms with Crippen LogP contribution in [0.25, 0.3) is 0 Å². The first-order valence-electron chi connectivity index (χ1n) is 7.04. The quantitative estimate of drug-likeness (QED) is 0.619. The third kappa shape index (κ3) is 5.15. The summed E-state index contributed by atoms with van der Waals surface area (Å²) in [7, 11) is 1.55. The molecule has 0 aliphatic heterocycles. The normalized spacial score (nSPS) is 10.7. The first-order chi connectivity index (χ1) is 11.5. The number of nitrogens with zero attached hydrogens (tertiary/aromatic N) is 1. The number of methoxy groups -OCH3 is 1. The summed E-state index contributed by atoms with van der Waals surface area (Å²) in [6.45, 7) is 1.67. The molecule has 0 spiro atoms. The summed E-state index contributed by atoms with van der Waals surface area (Å²) in [6.07, 6.45) is 1.52. The number of carbonyl (C=O) groups is 1. The molecule has 0 atom stereocenters. The average Bonchev–Trinajstić information content (AvgIpc) is 2.54. The van der Waals surface area contributed by atoms with E-state index in [1.165, 1.54) is 13.1 Å². The van der Waals surface area contributed by atoms with Gasteiger partial charge in [-0.1, -0.05) is 29.3 Å². The van der Waals surface area contributed by atoms with Crippen LogP contribution in [0.5, 0.6) is 11.5 Å². The van der Waals surface area contributed by atoms with Gasteiger partial charge in [-0.25, -0.2) is 5.43 Å². The maximum atomic E-state index is 10.8. The van der Waals surface area contributed by atoms with Gasteiger partial charge in [-0.3, -0.25) is 4.79 Å². The fraction of sp³-hybridized carbons (Fsp3) is 0.176. The second kappa shape index (κ2) is 8.57. The van der Waals surface area contributed by atoms with E-state index in [0.29, 0.717) is 21.5 Å².